The number of benzene rings is 5. The number of hydrogen-bond acceptors (Lipinski definition) is 2. The van der Waals surface area contributed by atoms with E-state index in [1.54, 1.807) is 0 Å². The number of aryl methyl sites for hydroxylation is 1. The van der Waals surface area contributed by atoms with Crippen molar-refractivity contribution in [3.05, 3.63) is 167 Å². The van der Waals surface area contributed by atoms with Crippen LogP contribution in [0.5, 0.6) is 5.75 Å². The van der Waals surface area contributed by atoms with Gasteiger partial charge in [-0.3, -0.25) is 0 Å². The summed E-state index contributed by atoms with van der Waals surface area (Å²) in [5, 5.41) is 13.6. The van der Waals surface area contributed by atoms with Crippen molar-refractivity contribution in [2.75, 3.05) is 0 Å². The zero-order chi connectivity index (χ0) is 41.2. The molecule has 4 heterocycles. The van der Waals surface area contributed by atoms with Crippen LogP contribution in [0.4, 0.5) is 0 Å². The molecule has 0 aliphatic heterocycles. The SMILES string of the molecule is Cc1ccc2c([nH+]1)oc1c(-c3ccc(-c4ccccc4-c4cc(O)cc(-c5c(C)c(C)c(C)c(C)c5-c5ccc(-c6cc(C(C)(C)C)cc[nH+]6)cc5)c4)c[nH+]3)cccc12. The van der Waals surface area contributed by atoms with Crippen molar-refractivity contribution < 1.29 is 24.5 Å². The summed E-state index contributed by atoms with van der Waals surface area (Å²) in [7, 11) is 0. The van der Waals surface area contributed by atoms with Crippen molar-refractivity contribution in [2.24, 2.45) is 0 Å². The van der Waals surface area contributed by atoms with Gasteiger partial charge in [-0.25, -0.2) is 9.97 Å². The van der Waals surface area contributed by atoms with E-state index in [0.29, 0.717) is 0 Å². The number of aromatic amines is 3. The van der Waals surface area contributed by atoms with Gasteiger partial charge in [-0.2, -0.15) is 4.98 Å². The van der Waals surface area contributed by atoms with Gasteiger partial charge in [-0.1, -0.05) is 69.3 Å². The molecule has 0 saturated carbocycles. The van der Waals surface area contributed by atoms with Gasteiger partial charge in [0.25, 0.3) is 0 Å². The summed E-state index contributed by atoms with van der Waals surface area (Å²) in [6.07, 6.45) is 4.10. The average molecular weight is 773 g/mol. The first-order chi connectivity index (χ1) is 28.4. The van der Waals surface area contributed by atoms with E-state index >= 15 is 0 Å². The number of furan rings is 1. The van der Waals surface area contributed by atoms with Crippen LogP contribution in [-0.2, 0) is 5.41 Å². The van der Waals surface area contributed by atoms with E-state index in [1.165, 1.54) is 33.4 Å². The van der Waals surface area contributed by atoms with E-state index in [2.05, 4.69) is 179 Å². The Kier molecular flexibility index (Phi) is 9.28. The Morgan fingerprint density at radius 3 is 1.85 bits per heavy atom. The standard InChI is InChI=1S/C54H47N3O2/c1-31-16-22-46-45-14-11-15-47(52(45)59-53(46)57-31)48-23-21-38(30-56-48)43-12-9-10-13-44(43)39-26-40(28-42(58)27-39)51-35(5)33(3)32(2)34(4)50(51)37-19-17-36(18-20-37)49-29-41(24-25-55-49)54(6,7)8/h9-30,58H,1-8H3/p+3. The van der Waals surface area contributed by atoms with Crippen molar-refractivity contribution >= 4 is 22.1 Å². The minimum atomic E-state index is 0.0570. The zero-order valence-electron chi connectivity index (χ0n) is 35.1. The van der Waals surface area contributed by atoms with Gasteiger partial charge in [-0.05, 0) is 148 Å². The fourth-order valence-corrected chi connectivity index (χ4v) is 8.65. The second-order valence-electron chi connectivity index (χ2n) is 17.0. The number of rotatable bonds is 6. The van der Waals surface area contributed by atoms with Crippen LogP contribution in [0.25, 0.3) is 89.1 Å². The van der Waals surface area contributed by atoms with Crippen LogP contribution in [0.15, 0.2) is 138 Å². The molecular formula is C54H50N3O2+3. The van der Waals surface area contributed by atoms with Crippen molar-refractivity contribution in [1.82, 2.24) is 0 Å². The number of aromatic nitrogens is 3. The van der Waals surface area contributed by atoms with Gasteiger partial charge in [0.1, 0.15) is 5.75 Å². The predicted octanol–water partition coefficient (Wildman–Crippen LogP) is 12.6. The fourth-order valence-electron chi connectivity index (χ4n) is 8.65. The van der Waals surface area contributed by atoms with E-state index in [0.717, 1.165) is 89.2 Å². The molecule has 4 aromatic heterocycles. The van der Waals surface area contributed by atoms with Crippen LogP contribution in [0.2, 0.25) is 0 Å². The lowest BCUT2D eigenvalue weighted by molar-refractivity contribution is -0.365. The Bertz CT molecular complexity index is 3080. The van der Waals surface area contributed by atoms with Gasteiger partial charge in [-0.15, -0.1) is 0 Å². The molecule has 59 heavy (non-hydrogen) atoms. The van der Waals surface area contributed by atoms with Crippen LogP contribution < -0.4 is 15.0 Å². The minimum Gasteiger partial charge on any atom is -0.508 e. The molecule has 290 valence electrons. The van der Waals surface area contributed by atoms with Gasteiger partial charge in [0.15, 0.2) is 23.7 Å². The molecule has 5 nitrogen and oxygen atoms in total. The summed E-state index contributed by atoms with van der Waals surface area (Å²) in [6.45, 7) is 17.6. The van der Waals surface area contributed by atoms with Crippen LogP contribution >= 0.6 is 0 Å². The number of H-pyrrole nitrogens is 3. The topological polar surface area (TPSA) is 75.8 Å². The van der Waals surface area contributed by atoms with Crippen LogP contribution in [0.3, 0.4) is 0 Å². The monoisotopic (exact) mass is 772 g/mol. The first-order valence-corrected chi connectivity index (χ1v) is 20.4. The lowest BCUT2D eigenvalue weighted by Crippen LogP contribution is -2.15. The maximum absolute atomic E-state index is 11.5. The molecule has 0 saturated heterocycles. The van der Waals surface area contributed by atoms with E-state index in [9.17, 15) is 5.11 Å². The first-order valence-electron chi connectivity index (χ1n) is 20.4. The highest BCUT2D eigenvalue weighted by molar-refractivity contribution is 6.07. The van der Waals surface area contributed by atoms with Gasteiger partial charge in [0.05, 0.1) is 10.9 Å². The molecule has 9 rings (SSSR count). The molecule has 0 aliphatic rings. The Morgan fingerprint density at radius 1 is 0.508 bits per heavy atom. The summed E-state index contributed by atoms with van der Waals surface area (Å²) in [5.41, 5.74) is 21.8. The average Bonchev–Trinajstić information content (AvgIpc) is 3.61. The minimum absolute atomic E-state index is 0.0570. The quantitative estimate of drug-likeness (QED) is 0.183. The molecule has 0 aliphatic carbocycles. The van der Waals surface area contributed by atoms with E-state index in [-0.39, 0.29) is 11.2 Å². The second-order valence-corrected chi connectivity index (χ2v) is 17.0. The van der Waals surface area contributed by atoms with Crippen molar-refractivity contribution in [3.63, 3.8) is 0 Å². The van der Waals surface area contributed by atoms with Gasteiger partial charge in [0, 0.05) is 47.7 Å². The highest BCUT2D eigenvalue weighted by atomic mass is 16.3. The van der Waals surface area contributed by atoms with Crippen LogP contribution in [0.1, 0.15) is 54.3 Å². The molecule has 0 radical (unpaired) electrons. The molecule has 0 spiro atoms. The van der Waals surface area contributed by atoms with Gasteiger partial charge in [0.2, 0.25) is 11.4 Å². The summed E-state index contributed by atoms with van der Waals surface area (Å²) < 4.78 is 6.37. The Balaban J connectivity index is 1.11. The van der Waals surface area contributed by atoms with Crippen molar-refractivity contribution in [1.29, 1.82) is 0 Å². The summed E-state index contributed by atoms with van der Waals surface area (Å²) in [5.74, 6) is 0.228. The number of para-hydroxylation sites is 1. The maximum atomic E-state index is 11.5. The number of hydrogen-bond donors (Lipinski definition) is 1. The molecule has 0 amide bonds. The van der Waals surface area contributed by atoms with Gasteiger partial charge < -0.3 is 9.52 Å². The number of phenols is 1. The van der Waals surface area contributed by atoms with E-state index < -0.39 is 0 Å². The second kappa shape index (κ2) is 14.5. The Hall–Kier alpha value is -6.85. The van der Waals surface area contributed by atoms with E-state index in [4.69, 9.17) is 4.42 Å². The molecule has 0 fully saturated rings. The molecule has 5 aromatic carbocycles. The number of fused-ring (bicyclic) bond motifs is 3. The maximum Gasteiger partial charge on any atom is 0.380 e. The molecule has 9 aromatic rings. The van der Waals surface area contributed by atoms with Gasteiger partial charge >= 0.3 is 5.71 Å². The summed E-state index contributed by atoms with van der Waals surface area (Å²) >= 11 is 0. The first kappa shape index (κ1) is 37.7. The normalized spacial score (nSPS) is 11.8. The van der Waals surface area contributed by atoms with Crippen molar-refractivity contribution in [2.45, 2.75) is 60.8 Å². The smallest absolute Gasteiger partial charge is 0.380 e. The molecule has 0 unspecified atom stereocenters. The third-order valence-corrected chi connectivity index (χ3v) is 12.3. The number of aromatic hydroxyl groups is 1. The summed E-state index contributed by atoms with van der Waals surface area (Å²) in [6, 6.07) is 42.5. The third-order valence-electron chi connectivity index (χ3n) is 12.3. The van der Waals surface area contributed by atoms with Crippen LogP contribution in [0, 0.1) is 34.6 Å². The number of phenolic OH excluding ortho intramolecular Hbond substituents is 1. The number of nitrogens with one attached hydrogen (secondary N) is 3. The van der Waals surface area contributed by atoms with Crippen LogP contribution in [-0.4, -0.2) is 5.11 Å². The third kappa shape index (κ3) is 6.76. The Morgan fingerprint density at radius 2 is 1.15 bits per heavy atom. The fraction of sp³-hybridized carbons (Fsp3) is 0.167. The highest BCUT2D eigenvalue weighted by Gasteiger charge is 2.23. The zero-order valence-corrected chi connectivity index (χ0v) is 35.1. The molecule has 5 heteroatoms. The highest BCUT2D eigenvalue weighted by Crippen LogP contribution is 2.44. The Labute approximate surface area is 346 Å². The lowest BCUT2D eigenvalue weighted by Gasteiger charge is -2.22. The lowest BCUT2D eigenvalue weighted by atomic mass is 9.81. The molecular weight excluding hydrogens is 723 g/mol. The van der Waals surface area contributed by atoms with Crippen molar-refractivity contribution in [3.8, 4) is 72.8 Å². The predicted molar refractivity (Wildman–Crippen MR) is 240 cm³/mol. The summed E-state index contributed by atoms with van der Waals surface area (Å²) in [4.78, 5) is 10.4. The van der Waals surface area contributed by atoms with E-state index in [1.807, 2.05) is 25.3 Å². The molecule has 4 N–H and O–H groups in total. The molecule has 0 atom stereocenters. The number of pyridine rings is 3. The largest absolute Gasteiger partial charge is 0.508 e. The molecule has 0 bridgehead atoms.